The van der Waals surface area contributed by atoms with Crippen molar-refractivity contribution in [1.82, 2.24) is 19.7 Å². The molecule has 0 radical (unpaired) electrons. The third-order valence-corrected chi connectivity index (χ3v) is 4.73. The molecule has 0 spiro atoms. The van der Waals surface area contributed by atoms with Gasteiger partial charge in [-0.15, -0.1) is 0 Å². The average molecular weight is 391 g/mol. The Labute approximate surface area is 167 Å². The third-order valence-electron chi connectivity index (χ3n) is 4.73. The summed E-state index contributed by atoms with van der Waals surface area (Å²) in [5.41, 5.74) is 7.44. The summed E-state index contributed by atoms with van der Waals surface area (Å²) in [5, 5.41) is 9.94. The zero-order chi connectivity index (χ0) is 20.4. The maximum atomic E-state index is 12.6. The lowest BCUT2D eigenvalue weighted by molar-refractivity contribution is 0.0992. The molecule has 148 valence electrons. The van der Waals surface area contributed by atoms with Crippen LogP contribution in [-0.4, -0.2) is 38.1 Å². The van der Waals surface area contributed by atoms with E-state index in [1.165, 1.54) is 23.7 Å². The van der Waals surface area contributed by atoms with Crippen LogP contribution in [-0.2, 0) is 7.05 Å². The molecule has 3 aromatic heterocycles. The van der Waals surface area contributed by atoms with Gasteiger partial charge in [0, 0.05) is 25.4 Å². The molecule has 2 amide bonds. The van der Waals surface area contributed by atoms with Gasteiger partial charge in [-0.05, 0) is 43.0 Å². The van der Waals surface area contributed by atoms with Crippen molar-refractivity contribution in [3.63, 3.8) is 0 Å². The van der Waals surface area contributed by atoms with Gasteiger partial charge in [0.15, 0.2) is 0 Å². The Kier molecular flexibility index (Phi) is 4.94. The molecule has 0 saturated heterocycles. The number of anilines is 2. The number of nitrogens with one attached hydrogen (secondary N) is 2. The number of rotatable bonds is 7. The van der Waals surface area contributed by atoms with Gasteiger partial charge >= 0.3 is 0 Å². The summed E-state index contributed by atoms with van der Waals surface area (Å²) < 4.78 is 1.31. The molecule has 0 bridgehead atoms. The Hall–Kier alpha value is -3.75. The van der Waals surface area contributed by atoms with Crippen LogP contribution in [0.2, 0.25) is 0 Å². The second-order valence-electron chi connectivity index (χ2n) is 7.01. The van der Waals surface area contributed by atoms with Gasteiger partial charge in [0.05, 0.1) is 17.6 Å². The number of nitrogens with two attached hydrogens (primary N) is 1. The van der Waals surface area contributed by atoms with Crippen molar-refractivity contribution >= 4 is 23.3 Å². The van der Waals surface area contributed by atoms with Gasteiger partial charge < -0.3 is 16.4 Å². The van der Waals surface area contributed by atoms with Crippen molar-refractivity contribution in [2.45, 2.75) is 12.8 Å². The summed E-state index contributed by atoms with van der Waals surface area (Å²) in [6.07, 6.45) is 5.62. The SMILES string of the molecule is Cn1ncc(NC(=O)c2cccc(-c3ccnc(NCC4CC4)c3)n2)c1C(N)=O. The van der Waals surface area contributed by atoms with Gasteiger partial charge in [0.25, 0.3) is 11.8 Å². The smallest absolute Gasteiger partial charge is 0.274 e. The van der Waals surface area contributed by atoms with Gasteiger partial charge in [0.1, 0.15) is 17.2 Å². The minimum atomic E-state index is -0.676. The summed E-state index contributed by atoms with van der Waals surface area (Å²) in [4.78, 5) is 33.0. The molecule has 0 aromatic carbocycles. The fourth-order valence-corrected chi connectivity index (χ4v) is 2.99. The molecule has 0 unspecified atom stereocenters. The number of carbonyl (C=O) groups is 2. The van der Waals surface area contributed by atoms with E-state index in [9.17, 15) is 9.59 Å². The first kappa shape index (κ1) is 18.6. The molecule has 1 aliphatic rings. The van der Waals surface area contributed by atoms with Gasteiger partial charge in [-0.3, -0.25) is 14.3 Å². The topological polar surface area (TPSA) is 128 Å². The van der Waals surface area contributed by atoms with Crippen LogP contribution in [0.25, 0.3) is 11.3 Å². The van der Waals surface area contributed by atoms with Crippen molar-refractivity contribution in [3.05, 3.63) is 54.1 Å². The second-order valence-corrected chi connectivity index (χ2v) is 7.01. The van der Waals surface area contributed by atoms with Gasteiger partial charge in [0.2, 0.25) is 0 Å². The molecule has 3 heterocycles. The average Bonchev–Trinajstić information content (AvgIpc) is 3.48. The number of pyridine rings is 2. The normalized spacial score (nSPS) is 13.1. The monoisotopic (exact) mass is 391 g/mol. The van der Waals surface area contributed by atoms with Gasteiger partial charge in [-0.2, -0.15) is 5.10 Å². The number of amides is 2. The first-order chi connectivity index (χ1) is 14.0. The molecule has 4 rings (SSSR count). The van der Waals surface area contributed by atoms with Crippen molar-refractivity contribution in [3.8, 4) is 11.3 Å². The Morgan fingerprint density at radius 3 is 2.86 bits per heavy atom. The van der Waals surface area contributed by atoms with E-state index in [0.717, 1.165) is 23.8 Å². The zero-order valence-electron chi connectivity index (χ0n) is 15.9. The molecular weight excluding hydrogens is 370 g/mol. The van der Waals surface area contributed by atoms with Crippen molar-refractivity contribution in [1.29, 1.82) is 0 Å². The molecule has 4 N–H and O–H groups in total. The van der Waals surface area contributed by atoms with E-state index in [1.807, 2.05) is 18.2 Å². The van der Waals surface area contributed by atoms with Crippen LogP contribution in [0.4, 0.5) is 11.5 Å². The van der Waals surface area contributed by atoms with Crippen LogP contribution in [0.5, 0.6) is 0 Å². The number of hydrogen-bond acceptors (Lipinski definition) is 6. The number of carbonyl (C=O) groups excluding carboxylic acids is 2. The summed E-state index contributed by atoms with van der Waals surface area (Å²) >= 11 is 0. The Bertz CT molecular complexity index is 1070. The van der Waals surface area contributed by atoms with Gasteiger partial charge in [-0.25, -0.2) is 9.97 Å². The quantitative estimate of drug-likeness (QED) is 0.565. The standard InChI is InChI=1S/C20H21N7O2/c1-27-18(19(21)28)16(11-24-27)26-20(29)15-4-2-3-14(25-15)13-7-8-22-17(9-13)23-10-12-5-6-12/h2-4,7-9,11-12H,5-6,10H2,1H3,(H2,21,28)(H,22,23)(H,26,29). The first-order valence-electron chi connectivity index (χ1n) is 9.32. The number of hydrogen-bond donors (Lipinski definition) is 3. The fraction of sp³-hybridized carbons (Fsp3) is 0.250. The summed E-state index contributed by atoms with van der Waals surface area (Å²) in [7, 11) is 1.58. The predicted octanol–water partition coefficient (Wildman–Crippen LogP) is 2.05. The molecule has 3 aromatic rings. The minimum Gasteiger partial charge on any atom is -0.370 e. The minimum absolute atomic E-state index is 0.120. The number of primary amides is 1. The molecule has 9 heteroatoms. The Morgan fingerprint density at radius 1 is 1.28 bits per heavy atom. The highest BCUT2D eigenvalue weighted by Gasteiger charge is 2.21. The van der Waals surface area contributed by atoms with E-state index in [2.05, 4.69) is 25.7 Å². The lowest BCUT2D eigenvalue weighted by atomic mass is 10.1. The van der Waals surface area contributed by atoms with Crippen molar-refractivity contribution in [2.75, 3.05) is 17.2 Å². The summed E-state index contributed by atoms with van der Waals surface area (Å²) in [5.74, 6) is 0.393. The van der Waals surface area contributed by atoms with Crippen LogP contribution in [0.15, 0.2) is 42.7 Å². The molecular formula is C20H21N7O2. The molecule has 0 atom stereocenters. The van der Waals surface area contributed by atoms with Gasteiger partial charge in [-0.1, -0.05) is 6.07 Å². The van der Waals surface area contributed by atoms with E-state index in [-0.39, 0.29) is 17.1 Å². The van der Waals surface area contributed by atoms with E-state index < -0.39 is 11.8 Å². The lowest BCUT2D eigenvalue weighted by Crippen LogP contribution is -2.20. The van der Waals surface area contributed by atoms with Crippen molar-refractivity contribution < 1.29 is 9.59 Å². The molecule has 1 fully saturated rings. The molecule has 1 aliphatic carbocycles. The largest absolute Gasteiger partial charge is 0.370 e. The maximum Gasteiger partial charge on any atom is 0.274 e. The highest BCUT2D eigenvalue weighted by atomic mass is 16.2. The Balaban J connectivity index is 1.53. The van der Waals surface area contributed by atoms with E-state index >= 15 is 0 Å². The van der Waals surface area contributed by atoms with Crippen molar-refractivity contribution in [2.24, 2.45) is 18.7 Å². The summed E-state index contributed by atoms with van der Waals surface area (Å²) in [6.45, 7) is 0.916. The molecule has 0 aliphatic heterocycles. The van der Waals surface area contributed by atoms with Crippen LogP contribution < -0.4 is 16.4 Å². The van der Waals surface area contributed by atoms with E-state index in [0.29, 0.717) is 5.69 Å². The first-order valence-corrected chi connectivity index (χ1v) is 9.32. The molecule has 1 saturated carbocycles. The van der Waals surface area contributed by atoms with E-state index in [4.69, 9.17) is 5.73 Å². The fourth-order valence-electron chi connectivity index (χ4n) is 2.99. The molecule has 9 nitrogen and oxygen atoms in total. The highest BCUT2D eigenvalue weighted by molar-refractivity contribution is 6.07. The maximum absolute atomic E-state index is 12.6. The summed E-state index contributed by atoms with van der Waals surface area (Å²) in [6, 6.07) is 8.95. The lowest BCUT2D eigenvalue weighted by Gasteiger charge is -2.08. The third kappa shape index (κ3) is 4.23. The Morgan fingerprint density at radius 2 is 2.10 bits per heavy atom. The highest BCUT2D eigenvalue weighted by Crippen LogP contribution is 2.29. The zero-order valence-corrected chi connectivity index (χ0v) is 15.9. The van der Waals surface area contributed by atoms with Crippen LogP contribution in [0.1, 0.15) is 33.8 Å². The van der Waals surface area contributed by atoms with Crippen LogP contribution in [0, 0.1) is 5.92 Å². The second kappa shape index (κ2) is 7.70. The van der Waals surface area contributed by atoms with Crippen LogP contribution >= 0.6 is 0 Å². The number of aromatic nitrogens is 4. The van der Waals surface area contributed by atoms with Crippen LogP contribution in [0.3, 0.4) is 0 Å². The molecule has 29 heavy (non-hydrogen) atoms. The predicted molar refractivity (Wildman–Crippen MR) is 108 cm³/mol. The van der Waals surface area contributed by atoms with E-state index in [1.54, 1.807) is 25.4 Å². The number of nitrogens with zero attached hydrogens (tertiary/aromatic N) is 4. The number of aryl methyl sites for hydroxylation is 1.